The van der Waals surface area contributed by atoms with E-state index in [9.17, 15) is 24.8 Å². The Morgan fingerprint density at radius 2 is 0.698 bits per heavy atom. The maximum atomic E-state index is 16.1. The minimum absolute atomic E-state index is 0.0177. The molecule has 8 aromatic carbocycles. The number of carbonyl (C=O) groups is 3. The highest BCUT2D eigenvalue weighted by Gasteiger charge is 2.60. The molecule has 14 atom stereocenters. The van der Waals surface area contributed by atoms with Crippen molar-refractivity contribution >= 4 is 25.7 Å². The summed E-state index contributed by atoms with van der Waals surface area (Å²) in [5.74, 6) is -2.14. The number of phosphoric acid groups is 1. The Balaban J connectivity index is 1.08. The Morgan fingerprint density at radius 1 is 0.373 bits per heavy atom. The quantitative estimate of drug-likeness (QED) is 0.00705. The van der Waals surface area contributed by atoms with Gasteiger partial charge in [-0.3, -0.25) is 23.4 Å². The number of hydrogen-bond donors (Lipinski definition) is 1. The van der Waals surface area contributed by atoms with Gasteiger partial charge in [-0.15, -0.1) is 0 Å². The zero-order chi connectivity index (χ0) is 88.1. The van der Waals surface area contributed by atoms with E-state index < -0.39 is 125 Å². The highest BCUT2D eigenvalue weighted by Crippen LogP contribution is 2.50. The first-order valence-electron chi connectivity index (χ1n) is 45.6. The number of hydrogen-bond acceptors (Lipinski definition) is 20. The fourth-order valence-electron chi connectivity index (χ4n) is 15.6. The van der Waals surface area contributed by atoms with Gasteiger partial charge in [-0.25, -0.2) is 4.57 Å². The van der Waals surface area contributed by atoms with Crippen molar-refractivity contribution in [3.8, 4) is 0 Å². The second kappa shape index (κ2) is 58.6. The van der Waals surface area contributed by atoms with Crippen LogP contribution in [0, 0.1) is 0 Å². The van der Waals surface area contributed by atoms with E-state index in [0.29, 0.717) is 29.5 Å². The molecule has 2 fully saturated rings. The highest BCUT2D eigenvalue weighted by atomic mass is 31.2. The maximum Gasteiger partial charge on any atom is 0.472 e. The first-order valence-corrected chi connectivity index (χ1v) is 47.1. The average Bonchev–Trinajstić information content (AvgIpc) is 0.747. The van der Waals surface area contributed by atoms with Gasteiger partial charge in [0.15, 0.2) is 18.4 Å². The van der Waals surface area contributed by atoms with E-state index in [-0.39, 0.29) is 72.3 Å². The summed E-state index contributed by atoms with van der Waals surface area (Å²) < 4.78 is 120. The predicted molar refractivity (Wildman–Crippen MR) is 482 cm³/mol. The number of benzene rings is 8. The molecular weight excluding hydrogens is 1620 g/mol. The van der Waals surface area contributed by atoms with Crippen LogP contribution in [0.3, 0.4) is 0 Å². The van der Waals surface area contributed by atoms with Crippen LogP contribution in [0.25, 0.3) is 10.4 Å². The molecule has 24 heteroatoms. The molecule has 10 rings (SSSR count). The second-order valence-electron chi connectivity index (χ2n) is 32.5. The van der Waals surface area contributed by atoms with Crippen molar-refractivity contribution in [2.75, 3.05) is 26.4 Å². The fourth-order valence-corrected chi connectivity index (χ4v) is 16.5. The predicted octanol–water partition coefficient (Wildman–Crippen LogP) is 22.0. The van der Waals surface area contributed by atoms with Gasteiger partial charge >= 0.3 is 25.7 Å². The molecule has 1 heterocycles. The number of unbranched alkanes of at least 4 members (excludes halogenated alkanes) is 20. The molecule has 0 amide bonds. The van der Waals surface area contributed by atoms with Gasteiger partial charge in [-0.05, 0) is 62.9 Å². The Kier molecular flexibility index (Phi) is 46.2. The zero-order valence-corrected chi connectivity index (χ0v) is 74.4. The molecule has 1 aliphatic carbocycles. The van der Waals surface area contributed by atoms with Crippen molar-refractivity contribution in [3.05, 3.63) is 298 Å². The monoisotopic (exact) mass is 1750 g/mol. The van der Waals surface area contributed by atoms with Crippen molar-refractivity contribution < 1.29 is 94.5 Å². The summed E-state index contributed by atoms with van der Waals surface area (Å²) in [5, 5.41) is 3.95. The van der Waals surface area contributed by atoms with E-state index in [1.54, 1.807) is 24.3 Å². The number of carbonyl (C=O) groups excluding carboxylic acids is 3. The van der Waals surface area contributed by atoms with E-state index in [1.165, 1.54) is 70.6 Å². The normalized spacial score (nSPS) is 20.3. The van der Waals surface area contributed by atoms with Gasteiger partial charge in [0.05, 0.1) is 66.1 Å². The van der Waals surface area contributed by atoms with Crippen molar-refractivity contribution in [1.29, 1.82) is 0 Å². The van der Waals surface area contributed by atoms with Gasteiger partial charge in [0.1, 0.15) is 74.3 Å². The maximum absolute atomic E-state index is 16.1. The van der Waals surface area contributed by atoms with Gasteiger partial charge < -0.3 is 66.5 Å². The van der Waals surface area contributed by atoms with Crippen LogP contribution in [-0.4, -0.2) is 129 Å². The third-order valence-electron chi connectivity index (χ3n) is 22.4. The van der Waals surface area contributed by atoms with E-state index >= 15 is 4.57 Å². The molecule has 8 aromatic rings. The molecule has 1 unspecified atom stereocenters. The lowest BCUT2D eigenvalue weighted by molar-refractivity contribution is -0.362. The van der Waals surface area contributed by atoms with Crippen molar-refractivity contribution in [1.82, 2.24) is 0 Å². The number of esters is 3. The Labute approximate surface area is 745 Å². The average molecular weight is 1750 g/mol. The zero-order valence-electron chi connectivity index (χ0n) is 73.5. The van der Waals surface area contributed by atoms with Crippen molar-refractivity contribution in [3.63, 3.8) is 0 Å². The van der Waals surface area contributed by atoms with Crippen LogP contribution in [0.4, 0.5) is 0 Å². The lowest BCUT2D eigenvalue weighted by Crippen LogP contribution is -2.69. The Hall–Kier alpha value is -8.81. The largest absolute Gasteiger partial charge is 0.472 e. The number of ether oxygens (including phenoxy) is 13. The topological polar surface area (TPSA) is 276 Å². The molecule has 1 saturated heterocycles. The van der Waals surface area contributed by atoms with Crippen LogP contribution >= 0.6 is 7.82 Å². The van der Waals surface area contributed by atoms with Crippen molar-refractivity contribution in [2.45, 2.75) is 300 Å². The minimum Gasteiger partial charge on any atom is -0.462 e. The fraction of sp³-hybridized carbons (Fsp3) is 0.500. The molecule has 126 heavy (non-hydrogen) atoms. The standard InChI is InChI=1S/C102H132N3O20P/c1-3-5-7-9-11-13-15-17-19-21-47-65-90(106)112-75-87(122-91(107)66-48-22-20-18-16-14-12-10-8-6-4-2)76-121-126(109,110)125-99-97(119-77-88(104-105-103)101(108)120-74-86-63-45-30-46-64-86)95(116-71-83-57-39-27-40-58-83)94(115-70-82-55-37-26-38-56-82)96(117-72-84-59-41-28-42-60-84)98(99)124-102-100(118-73-85-61-43-29-44-62-85)93(114-69-81-53-35-25-36-54-81)92(113-68-80-51-33-24-34-52-80)89(123-102)78-111-67-79-49-31-23-32-50-79/h23-46,49-64,87-89,92-100,102H,3-22,47-48,65-78H2,1-2H3,(H,109,110)/t87-,88-,89+,92+,93-,94-,95-,96+,97+,98+,99-,100-,102+/m0/s1. The summed E-state index contributed by atoms with van der Waals surface area (Å²) in [5.41, 5.74) is 16.4. The molecule has 0 aromatic heterocycles. The molecule has 0 radical (unpaired) electrons. The molecule has 2 aliphatic rings. The smallest absolute Gasteiger partial charge is 0.462 e. The molecule has 0 spiro atoms. The van der Waals surface area contributed by atoms with Gasteiger partial charge in [0, 0.05) is 17.8 Å². The molecule has 1 N–H and O–H groups in total. The van der Waals surface area contributed by atoms with Gasteiger partial charge in [0.2, 0.25) is 0 Å². The van der Waals surface area contributed by atoms with Gasteiger partial charge in [0.25, 0.3) is 0 Å². The molecule has 680 valence electrons. The second-order valence-corrected chi connectivity index (χ2v) is 33.9. The van der Waals surface area contributed by atoms with Gasteiger partial charge in [-0.2, -0.15) is 0 Å². The number of rotatable bonds is 63. The summed E-state index contributed by atoms with van der Waals surface area (Å²) >= 11 is 0. The number of nitrogens with zero attached hydrogens (tertiary/aromatic N) is 3. The van der Waals surface area contributed by atoms with E-state index in [4.69, 9.17) is 70.6 Å². The molecule has 1 saturated carbocycles. The summed E-state index contributed by atoms with van der Waals surface area (Å²) in [6.45, 7) is 1.85. The van der Waals surface area contributed by atoms with Crippen molar-refractivity contribution in [2.24, 2.45) is 5.11 Å². The molecule has 1 aliphatic heterocycles. The van der Waals surface area contributed by atoms with Crippen LogP contribution in [0.1, 0.15) is 212 Å². The Morgan fingerprint density at radius 3 is 1.09 bits per heavy atom. The SMILES string of the molecule is CCCCCCCCCCCCCC(=O)OC[C@@H](COP(=O)(O)O[C@H]1[C@H](OC[C@H](N=[N+]=[N-])C(=O)OCc2ccccc2)[C@@H](OCc2ccccc2)[C@H](OCc2ccccc2)[C@@H](OCc2ccccc2)[C@H]1O[C@H]1O[C@H](COCc2ccccc2)[C@@H](OCc2ccccc2)[C@H](OCc2ccccc2)[C@@H]1OCc1ccccc1)OC(=O)CCCCCCCCCCCCC. The number of azide groups is 1. The van der Waals surface area contributed by atoms with Crippen LogP contribution in [-0.2, 0) is 142 Å². The van der Waals surface area contributed by atoms with Crippen LogP contribution < -0.4 is 0 Å². The number of phosphoric ester groups is 1. The minimum atomic E-state index is -5.72. The third kappa shape index (κ3) is 36.7. The van der Waals surface area contributed by atoms with Gasteiger partial charge in [-0.1, -0.05) is 390 Å². The lowest BCUT2D eigenvalue weighted by Gasteiger charge is -2.52. The molecular formula is C102H132N3O20P. The molecule has 23 nitrogen and oxygen atoms in total. The highest BCUT2D eigenvalue weighted by molar-refractivity contribution is 7.47. The van der Waals surface area contributed by atoms with E-state index in [0.717, 1.165) is 85.6 Å². The summed E-state index contributed by atoms with van der Waals surface area (Å²) in [6.07, 6.45) is 6.34. The summed E-state index contributed by atoms with van der Waals surface area (Å²) in [6, 6.07) is 73.8. The molecule has 0 bridgehead atoms. The third-order valence-corrected chi connectivity index (χ3v) is 23.4. The van der Waals surface area contributed by atoms with E-state index in [2.05, 4.69) is 23.9 Å². The van der Waals surface area contributed by atoms with E-state index in [1.807, 2.05) is 218 Å². The summed E-state index contributed by atoms with van der Waals surface area (Å²) in [4.78, 5) is 58.7. The van der Waals surface area contributed by atoms with Crippen LogP contribution in [0.15, 0.2) is 248 Å². The first kappa shape index (κ1) is 99.4. The van der Waals surface area contributed by atoms with Crippen LogP contribution in [0.2, 0.25) is 0 Å². The van der Waals surface area contributed by atoms with Crippen LogP contribution in [0.5, 0.6) is 0 Å². The first-order chi connectivity index (χ1) is 61.9. The summed E-state index contributed by atoms with van der Waals surface area (Å²) in [7, 11) is -5.72. The Bertz CT molecular complexity index is 4330. The lowest BCUT2D eigenvalue weighted by atomic mass is 9.83.